The van der Waals surface area contributed by atoms with Gasteiger partial charge in [-0.1, -0.05) is 6.07 Å². The fraction of sp³-hybridized carbons (Fsp3) is 0.444. The molecule has 7 nitrogen and oxygen atoms in total. The van der Waals surface area contributed by atoms with Crippen molar-refractivity contribution in [3.05, 3.63) is 59.0 Å². The number of rotatable bonds is 10. The zero-order valence-electron chi connectivity index (χ0n) is 19.9. The van der Waals surface area contributed by atoms with Gasteiger partial charge in [0.25, 0.3) is 0 Å². The molecule has 1 saturated carbocycles. The molecule has 1 amide bonds. The number of aromatic nitrogens is 2. The Balaban J connectivity index is 1.05. The number of nitrogens with zero attached hydrogens (tertiary/aromatic N) is 3. The first-order chi connectivity index (χ1) is 17.2. The average molecular weight is 493 g/mol. The molecule has 1 aliphatic heterocycles. The topological polar surface area (TPSA) is 76.6 Å². The minimum atomic E-state index is -0.376. The fourth-order valence-electron chi connectivity index (χ4n) is 4.31. The largest absolute Gasteiger partial charge is 0.493 e. The zero-order chi connectivity index (χ0) is 23.9. The summed E-state index contributed by atoms with van der Waals surface area (Å²) >= 11 is 1.49. The monoisotopic (exact) mass is 492 g/mol. The van der Waals surface area contributed by atoms with Crippen molar-refractivity contribution in [2.75, 3.05) is 31.1 Å². The van der Waals surface area contributed by atoms with Gasteiger partial charge in [-0.3, -0.25) is 0 Å². The van der Waals surface area contributed by atoms with Crippen LogP contribution in [0.2, 0.25) is 0 Å². The maximum Gasteiger partial charge on any atom is 0.407 e. The summed E-state index contributed by atoms with van der Waals surface area (Å²) in [6.07, 6.45) is 5.36. The molecule has 1 aromatic carbocycles. The van der Waals surface area contributed by atoms with Gasteiger partial charge in [-0.2, -0.15) is 0 Å². The van der Waals surface area contributed by atoms with E-state index >= 15 is 0 Å². The smallest absolute Gasteiger partial charge is 0.407 e. The number of hydrogen-bond donors (Lipinski definition) is 1. The molecule has 3 aromatic rings. The number of piperidine rings is 1. The van der Waals surface area contributed by atoms with Gasteiger partial charge in [-0.05, 0) is 80.3 Å². The lowest BCUT2D eigenvalue weighted by molar-refractivity contribution is 0.137. The third kappa shape index (κ3) is 6.94. The van der Waals surface area contributed by atoms with Crippen LogP contribution in [0.1, 0.15) is 37.8 Å². The highest BCUT2D eigenvalue weighted by atomic mass is 32.1. The molecule has 35 heavy (non-hydrogen) atoms. The second kappa shape index (κ2) is 11.5. The number of alkyl carbamates (subject to hydrolysis) is 1. The molecule has 1 N–H and O–H groups in total. The van der Waals surface area contributed by atoms with Crippen molar-refractivity contribution in [1.82, 2.24) is 15.3 Å². The van der Waals surface area contributed by atoms with Gasteiger partial charge in [-0.15, -0.1) is 11.3 Å². The molecule has 0 atom stereocenters. The summed E-state index contributed by atoms with van der Waals surface area (Å²) < 4.78 is 11.1. The maximum absolute atomic E-state index is 11.9. The lowest BCUT2D eigenvalue weighted by Gasteiger charge is -2.33. The Bertz CT molecular complexity index is 1080. The van der Waals surface area contributed by atoms with Crippen molar-refractivity contribution >= 4 is 23.2 Å². The maximum atomic E-state index is 11.9. The van der Waals surface area contributed by atoms with Crippen LogP contribution in [0.25, 0.3) is 11.3 Å². The van der Waals surface area contributed by atoms with Gasteiger partial charge >= 0.3 is 6.09 Å². The molecule has 8 heteroatoms. The van der Waals surface area contributed by atoms with Crippen LogP contribution >= 0.6 is 11.3 Å². The normalized spacial score (nSPS) is 16.2. The van der Waals surface area contributed by atoms with Gasteiger partial charge < -0.3 is 19.7 Å². The highest BCUT2D eigenvalue weighted by Gasteiger charge is 2.22. The molecule has 1 aliphatic carbocycles. The molecular formula is C27H32N4O3S. The standard InChI is InChI=1S/C27H32N4O3S/c32-27(34-17-23-18-35-19-29-23)28-13-10-20-11-14-31(15-12-20)26-3-1-2-25(30-26)22-6-8-24(9-7-22)33-16-21-4-5-21/h1-3,6-9,18-21H,4-5,10-17H2,(H,28,32). The number of hydrogen-bond acceptors (Lipinski definition) is 7. The van der Waals surface area contributed by atoms with Crippen molar-refractivity contribution in [2.45, 2.75) is 38.7 Å². The third-order valence-corrected chi connectivity index (χ3v) is 7.30. The van der Waals surface area contributed by atoms with Gasteiger partial charge in [0, 0.05) is 30.6 Å². The van der Waals surface area contributed by atoms with E-state index in [1.165, 1.54) is 24.2 Å². The average Bonchev–Trinajstić information content (AvgIpc) is 3.59. The summed E-state index contributed by atoms with van der Waals surface area (Å²) in [7, 11) is 0. The van der Waals surface area contributed by atoms with Gasteiger partial charge in [0.1, 0.15) is 18.2 Å². The molecule has 0 unspecified atom stereocenters. The highest BCUT2D eigenvalue weighted by Crippen LogP contribution is 2.30. The van der Waals surface area contributed by atoms with Crippen LogP contribution in [-0.2, 0) is 11.3 Å². The van der Waals surface area contributed by atoms with E-state index in [1.54, 1.807) is 5.51 Å². The number of carbonyl (C=O) groups excluding carboxylic acids is 1. The van der Waals surface area contributed by atoms with Crippen LogP contribution in [0.4, 0.5) is 10.6 Å². The summed E-state index contributed by atoms with van der Waals surface area (Å²) in [5.41, 5.74) is 4.61. The highest BCUT2D eigenvalue weighted by molar-refractivity contribution is 7.07. The van der Waals surface area contributed by atoms with Crippen LogP contribution < -0.4 is 15.0 Å². The summed E-state index contributed by atoms with van der Waals surface area (Å²) in [5, 5.41) is 4.74. The SMILES string of the molecule is O=C(NCCC1CCN(c2cccc(-c3ccc(OCC4CC4)cc3)n2)CC1)OCc1cscn1. The molecule has 184 valence electrons. The Labute approximate surface area is 210 Å². The second-order valence-corrected chi connectivity index (χ2v) is 10.1. The predicted octanol–water partition coefficient (Wildman–Crippen LogP) is 5.53. The molecule has 2 fully saturated rings. The van der Waals surface area contributed by atoms with E-state index in [9.17, 15) is 4.79 Å². The van der Waals surface area contributed by atoms with E-state index in [4.69, 9.17) is 14.5 Å². The second-order valence-electron chi connectivity index (χ2n) is 9.36. The van der Waals surface area contributed by atoms with E-state index in [2.05, 4.69) is 45.5 Å². The van der Waals surface area contributed by atoms with Crippen LogP contribution in [0, 0.1) is 11.8 Å². The van der Waals surface area contributed by atoms with Crippen LogP contribution in [0.3, 0.4) is 0 Å². The molecular weight excluding hydrogens is 460 g/mol. The predicted molar refractivity (Wildman–Crippen MR) is 138 cm³/mol. The van der Waals surface area contributed by atoms with Crippen LogP contribution in [0.5, 0.6) is 5.75 Å². The van der Waals surface area contributed by atoms with Gasteiger partial charge in [0.05, 0.1) is 23.5 Å². The lowest BCUT2D eigenvalue weighted by Crippen LogP contribution is -2.35. The molecule has 2 aliphatic rings. The molecule has 5 rings (SSSR count). The molecule has 0 radical (unpaired) electrons. The Hall–Kier alpha value is -3.13. The van der Waals surface area contributed by atoms with Gasteiger partial charge in [0.15, 0.2) is 0 Å². The Morgan fingerprint density at radius 2 is 1.89 bits per heavy atom. The molecule has 1 saturated heterocycles. The third-order valence-electron chi connectivity index (χ3n) is 6.66. The van der Waals surface area contributed by atoms with Crippen molar-refractivity contribution in [3.8, 4) is 17.0 Å². The number of nitrogens with one attached hydrogen (secondary N) is 1. The molecule has 3 heterocycles. The summed E-state index contributed by atoms with van der Waals surface area (Å²) in [4.78, 5) is 23.3. The summed E-state index contributed by atoms with van der Waals surface area (Å²) in [5.74, 6) is 3.31. The number of anilines is 1. The van der Waals surface area contributed by atoms with Gasteiger partial charge in [0.2, 0.25) is 0 Å². The minimum absolute atomic E-state index is 0.220. The quantitative estimate of drug-likeness (QED) is 0.401. The van der Waals surface area contributed by atoms with Gasteiger partial charge in [-0.25, -0.2) is 14.8 Å². The number of thiazole rings is 1. The van der Waals surface area contributed by atoms with E-state index < -0.39 is 0 Å². The number of carbonyl (C=O) groups is 1. The van der Waals surface area contributed by atoms with E-state index in [1.807, 2.05) is 17.5 Å². The zero-order valence-corrected chi connectivity index (χ0v) is 20.7. The van der Waals surface area contributed by atoms with E-state index in [0.29, 0.717) is 12.5 Å². The first kappa shape index (κ1) is 23.6. The van der Waals surface area contributed by atoms with E-state index in [0.717, 1.165) is 73.4 Å². The number of pyridine rings is 1. The molecule has 2 aromatic heterocycles. The fourth-order valence-corrected chi connectivity index (χ4v) is 4.85. The van der Waals surface area contributed by atoms with Crippen LogP contribution in [0.15, 0.2) is 53.4 Å². The van der Waals surface area contributed by atoms with Crippen molar-refractivity contribution in [3.63, 3.8) is 0 Å². The van der Waals surface area contributed by atoms with Crippen molar-refractivity contribution < 1.29 is 14.3 Å². The summed E-state index contributed by atoms with van der Waals surface area (Å²) in [6.45, 7) is 3.63. The lowest BCUT2D eigenvalue weighted by atomic mass is 9.93. The number of amides is 1. The Kier molecular flexibility index (Phi) is 7.78. The first-order valence-electron chi connectivity index (χ1n) is 12.5. The number of benzene rings is 1. The summed E-state index contributed by atoms with van der Waals surface area (Å²) in [6, 6.07) is 14.5. The van der Waals surface area contributed by atoms with Crippen molar-refractivity contribution in [1.29, 1.82) is 0 Å². The Morgan fingerprint density at radius 3 is 2.63 bits per heavy atom. The Morgan fingerprint density at radius 1 is 1.06 bits per heavy atom. The van der Waals surface area contributed by atoms with Crippen LogP contribution in [-0.4, -0.2) is 42.3 Å². The molecule has 0 bridgehead atoms. The first-order valence-corrected chi connectivity index (χ1v) is 13.4. The van der Waals surface area contributed by atoms with E-state index in [-0.39, 0.29) is 12.7 Å². The van der Waals surface area contributed by atoms with Crippen molar-refractivity contribution in [2.24, 2.45) is 11.8 Å². The number of ether oxygens (including phenoxy) is 2. The minimum Gasteiger partial charge on any atom is -0.493 e. The molecule has 0 spiro atoms.